The lowest BCUT2D eigenvalue weighted by Gasteiger charge is -2.21. The van der Waals surface area contributed by atoms with Gasteiger partial charge in [-0.1, -0.05) is 30.3 Å². The highest BCUT2D eigenvalue weighted by Crippen LogP contribution is 2.33. The van der Waals surface area contributed by atoms with Gasteiger partial charge in [-0.15, -0.1) is 0 Å². The Balaban J connectivity index is 2.31. The summed E-state index contributed by atoms with van der Waals surface area (Å²) >= 11 is 0. The molecule has 0 unspecified atom stereocenters. The van der Waals surface area contributed by atoms with Crippen molar-refractivity contribution in [1.29, 1.82) is 0 Å². The number of rotatable bonds is 1. The molecule has 0 amide bonds. The molecule has 14 heavy (non-hydrogen) atoms. The smallest absolute Gasteiger partial charge is 0.337 e. The molecular weight excluding hydrogens is 180 g/mol. The minimum atomic E-state index is -0.919. The lowest BCUT2D eigenvalue weighted by molar-refractivity contribution is -0.173. The number of ether oxygens (including phenoxy) is 2. The Morgan fingerprint density at radius 1 is 1.29 bits per heavy atom. The second-order valence-corrected chi connectivity index (χ2v) is 3.49. The van der Waals surface area contributed by atoms with Gasteiger partial charge in [-0.25, -0.2) is 4.79 Å². The van der Waals surface area contributed by atoms with Crippen LogP contribution in [-0.2, 0) is 20.1 Å². The molecule has 1 heterocycles. The van der Waals surface area contributed by atoms with Crippen LogP contribution in [0.5, 0.6) is 0 Å². The normalized spacial score (nSPS) is 31.6. The summed E-state index contributed by atoms with van der Waals surface area (Å²) in [7, 11) is 0. The van der Waals surface area contributed by atoms with Crippen molar-refractivity contribution in [2.24, 2.45) is 0 Å². The summed E-state index contributed by atoms with van der Waals surface area (Å²) in [6.45, 7) is 3.44. The molecule has 74 valence electrons. The van der Waals surface area contributed by atoms with Crippen LogP contribution in [0, 0.1) is 0 Å². The van der Waals surface area contributed by atoms with E-state index in [4.69, 9.17) is 9.47 Å². The van der Waals surface area contributed by atoms with E-state index in [0.717, 1.165) is 5.56 Å². The molecule has 1 aromatic rings. The fraction of sp³-hybridized carbons (Fsp3) is 0.364. The molecule has 1 aliphatic rings. The standard InChI is InChI=1S/C11H12O3/c1-8-10(12)14-11(2,13-8)9-6-4-3-5-7-9/h3-8H,1-2H3/t8-,11-/m0/s1. The van der Waals surface area contributed by atoms with Crippen molar-refractivity contribution in [3.05, 3.63) is 35.9 Å². The Labute approximate surface area is 82.6 Å². The largest absolute Gasteiger partial charge is 0.427 e. The van der Waals surface area contributed by atoms with Crippen LogP contribution < -0.4 is 0 Å². The number of hydrogen-bond acceptors (Lipinski definition) is 3. The molecule has 1 aliphatic heterocycles. The zero-order valence-electron chi connectivity index (χ0n) is 8.19. The highest BCUT2D eigenvalue weighted by atomic mass is 16.8. The molecule has 3 heteroatoms. The highest BCUT2D eigenvalue weighted by Gasteiger charge is 2.43. The van der Waals surface area contributed by atoms with Crippen molar-refractivity contribution >= 4 is 5.97 Å². The van der Waals surface area contributed by atoms with Crippen LogP contribution in [0.3, 0.4) is 0 Å². The number of carbonyl (C=O) groups excluding carboxylic acids is 1. The molecule has 0 N–H and O–H groups in total. The van der Waals surface area contributed by atoms with Crippen molar-refractivity contribution in [3.63, 3.8) is 0 Å². The molecule has 0 aliphatic carbocycles. The zero-order chi connectivity index (χ0) is 10.2. The van der Waals surface area contributed by atoms with Gasteiger partial charge in [0.2, 0.25) is 5.79 Å². The van der Waals surface area contributed by atoms with E-state index in [-0.39, 0.29) is 5.97 Å². The summed E-state index contributed by atoms with van der Waals surface area (Å²) in [4.78, 5) is 11.2. The van der Waals surface area contributed by atoms with Crippen molar-refractivity contribution in [2.75, 3.05) is 0 Å². The van der Waals surface area contributed by atoms with E-state index in [1.807, 2.05) is 30.3 Å². The predicted molar refractivity (Wildman–Crippen MR) is 50.4 cm³/mol. The Morgan fingerprint density at radius 2 is 1.93 bits per heavy atom. The van der Waals surface area contributed by atoms with Crippen LogP contribution in [0.1, 0.15) is 19.4 Å². The SMILES string of the molecule is C[C@@H]1O[C@](C)(c2ccccc2)OC1=O. The molecule has 1 aromatic carbocycles. The summed E-state index contributed by atoms with van der Waals surface area (Å²) in [6.07, 6.45) is -0.486. The zero-order valence-corrected chi connectivity index (χ0v) is 8.19. The molecule has 1 saturated heterocycles. The topological polar surface area (TPSA) is 35.5 Å². The Hall–Kier alpha value is -1.35. The minimum absolute atomic E-state index is 0.309. The van der Waals surface area contributed by atoms with Crippen LogP contribution in [0.15, 0.2) is 30.3 Å². The number of carbonyl (C=O) groups is 1. The van der Waals surface area contributed by atoms with Crippen LogP contribution in [0.2, 0.25) is 0 Å². The van der Waals surface area contributed by atoms with E-state index in [9.17, 15) is 4.79 Å². The molecule has 3 nitrogen and oxygen atoms in total. The van der Waals surface area contributed by atoms with Gasteiger partial charge in [-0.3, -0.25) is 0 Å². The summed E-state index contributed by atoms with van der Waals surface area (Å²) < 4.78 is 10.7. The van der Waals surface area contributed by atoms with E-state index in [2.05, 4.69) is 0 Å². The molecule has 2 rings (SSSR count). The molecule has 0 aromatic heterocycles. The minimum Gasteiger partial charge on any atom is -0.427 e. The first kappa shape index (κ1) is 9.21. The first-order valence-corrected chi connectivity index (χ1v) is 4.58. The number of benzene rings is 1. The van der Waals surface area contributed by atoms with Gasteiger partial charge in [0.05, 0.1) is 0 Å². The van der Waals surface area contributed by atoms with Crippen LogP contribution >= 0.6 is 0 Å². The molecular formula is C11H12O3. The second kappa shape index (κ2) is 3.10. The van der Waals surface area contributed by atoms with Gasteiger partial charge in [-0.2, -0.15) is 0 Å². The number of esters is 1. The lowest BCUT2D eigenvalue weighted by atomic mass is 10.1. The lowest BCUT2D eigenvalue weighted by Crippen LogP contribution is -2.23. The molecule has 0 spiro atoms. The van der Waals surface area contributed by atoms with Crippen molar-refractivity contribution in [3.8, 4) is 0 Å². The predicted octanol–water partition coefficient (Wildman–Crippen LogP) is 1.82. The van der Waals surface area contributed by atoms with E-state index >= 15 is 0 Å². The Bertz CT molecular complexity index is 347. The summed E-state index contributed by atoms with van der Waals surface area (Å²) in [5, 5.41) is 0. The quantitative estimate of drug-likeness (QED) is 0.637. The van der Waals surface area contributed by atoms with Gasteiger partial charge < -0.3 is 9.47 Å². The van der Waals surface area contributed by atoms with Crippen molar-refractivity contribution in [2.45, 2.75) is 25.7 Å². The summed E-state index contributed by atoms with van der Waals surface area (Å²) in [5.74, 6) is -1.23. The fourth-order valence-electron chi connectivity index (χ4n) is 1.55. The average molecular weight is 192 g/mol. The number of cyclic esters (lactones) is 1. The maximum Gasteiger partial charge on any atom is 0.337 e. The molecule has 0 saturated carbocycles. The fourth-order valence-corrected chi connectivity index (χ4v) is 1.55. The number of hydrogen-bond donors (Lipinski definition) is 0. The van der Waals surface area contributed by atoms with Crippen molar-refractivity contribution in [1.82, 2.24) is 0 Å². The van der Waals surface area contributed by atoms with E-state index < -0.39 is 11.9 Å². The Morgan fingerprint density at radius 3 is 2.43 bits per heavy atom. The Kier molecular flexibility index (Phi) is 2.04. The first-order valence-electron chi connectivity index (χ1n) is 4.58. The summed E-state index contributed by atoms with van der Waals surface area (Å²) in [6, 6.07) is 9.45. The maximum atomic E-state index is 11.2. The molecule has 0 bridgehead atoms. The van der Waals surface area contributed by atoms with Crippen LogP contribution in [-0.4, -0.2) is 12.1 Å². The maximum absolute atomic E-state index is 11.2. The third-order valence-corrected chi connectivity index (χ3v) is 2.33. The second-order valence-electron chi connectivity index (χ2n) is 3.49. The van der Waals surface area contributed by atoms with Gasteiger partial charge in [-0.05, 0) is 6.92 Å². The van der Waals surface area contributed by atoms with E-state index in [0.29, 0.717) is 0 Å². The monoisotopic (exact) mass is 192 g/mol. The van der Waals surface area contributed by atoms with Gasteiger partial charge >= 0.3 is 5.97 Å². The highest BCUT2D eigenvalue weighted by molar-refractivity contribution is 5.76. The first-order chi connectivity index (χ1) is 6.62. The van der Waals surface area contributed by atoms with Crippen LogP contribution in [0.25, 0.3) is 0 Å². The molecule has 2 atom stereocenters. The van der Waals surface area contributed by atoms with Crippen molar-refractivity contribution < 1.29 is 14.3 Å². The third-order valence-electron chi connectivity index (χ3n) is 2.33. The van der Waals surface area contributed by atoms with E-state index in [1.165, 1.54) is 0 Å². The van der Waals surface area contributed by atoms with E-state index in [1.54, 1.807) is 13.8 Å². The summed E-state index contributed by atoms with van der Waals surface area (Å²) in [5.41, 5.74) is 0.859. The molecule has 0 radical (unpaired) electrons. The third kappa shape index (κ3) is 1.40. The van der Waals surface area contributed by atoms with Gasteiger partial charge in [0.15, 0.2) is 6.10 Å². The average Bonchev–Trinajstić information content (AvgIpc) is 2.44. The van der Waals surface area contributed by atoms with Gasteiger partial charge in [0, 0.05) is 12.5 Å². The van der Waals surface area contributed by atoms with Gasteiger partial charge in [0.25, 0.3) is 0 Å². The van der Waals surface area contributed by atoms with Gasteiger partial charge in [0.1, 0.15) is 0 Å². The van der Waals surface area contributed by atoms with Crippen LogP contribution in [0.4, 0.5) is 0 Å². The molecule has 1 fully saturated rings.